The minimum absolute atomic E-state index is 0.0256. The van der Waals surface area contributed by atoms with Crippen molar-refractivity contribution in [2.45, 2.75) is 49.2 Å². The van der Waals surface area contributed by atoms with Crippen LogP contribution < -0.4 is 16.0 Å². The number of aromatic nitrogens is 3. The van der Waals surface area contributed by atoms with Crippen LogP contribution in [0, 0.1) is 5.82 Å². The van der Waals surface area contributed by atoms with Crippen molar-refractivity contribution in [1.29, 1.82) is 0 Å². The summed E-state index contributed by atoms with van der Waals surface area (Å²) in [5, 5.41) is 9.81. The van der Waals surface area contributed by atoms with Crippen LogP contribution in [0.2, 0.25) is 0 Å². The summed E-state index contributed by atoms with van der Waals surface area (Å²) in [5.74, 6) is 0.568. The quantitative estimate of drug-likeness (QED) is 0.245. The van der Waals surface area contributed by atoms with Crippen molar-refractivity contribution in [3.63, 3.8) is 0 Å². The zero-order valence-electron chi connectivity index (χ0n) is 22.6. The average Bonchev–Trinajstić information content (AvgIpc) is 3.38. The van der Waals surface area contributed by atoms with Gasteiger partial charge in [-0.05, 0) is 91.9 Å². The predicted octanol–water partition coefficient (Wildman–Crippen LogP) is 5.16. The van der Waals surface area contributed by atoms with Crippen molar-refractivity contribution in [2.75, 3.05) is 17.7 Å². The second kappa shape index (κ2) is 12.2. The van der Waals surface area contributed by atoms with E-state index in [4.69, 9.17) is 0 Å². The Morgan fingerprint density at radius 2 is 1.62 bits per heavy atom. The molecule has 0 bridgehead atoms. The molecule has 40 heavy (non-hydrogen) atoms. The highest BCUT2D eigenvalue weighted by atomic mass is 32.2. The van der Waals surface area contributed by atoms with Gasteiger partial charge in [0.05, 0.1) is 4.90 Å². The fourth-order valence-corrected chi connectivity index (χ4v) is 6.36. The molecule has 1 aliphatic carbocycles. The largest absolute Gasteiger partial charge is 0.357 e. The molecule has 0 amide bonds. The summed E-state index contributed by atoms with van der Waals surface area (Å²) in [4.78, 5) is 8.91. The van der Waals surface area contributed by atoms with Crippen molar-refractivity contribution >= 4 is 33.2 Å². The van der Waals surface area contributed by atoms with Crippen LogP contribution >= 0.6 is 0 Å². The van der Waals surface area contributed by atoms with Crippen molar-refractivity contribution < 1.29 is 12.8 Å². The molecule has 4 aromatic rings. The lowest BCUT2D eigenvalue weighted by Crippen LogP contribution is -2.43. The number of benzene rings is 2. The van der Waals surface area contributed by atoms with Crippen molar-refractivity contribution in [1.82, 2.24) is 24.2 Å². The maximum absolute atomic E-state index is 13.4. The number of halogens is 1. The van der Waals surface area contributed by atoms with Crippen LogP contribution in [-0.2, 0) is 23.6 Å². The van der Waals surface area contributed by atoms with E-state index in [-0.39, 0.29) is 16.8 Å². The van der Waals surface area contributed by atoms with Crippen LogP contribution in [0.1, 0.15) is 31.2 Å². The molecule has 210 valence electrons. The molecule has 0 spiro atoms. The van der Waals surface area contributed by atoms with Gasteiger partial charge < -0.3 is 20.5 Å². The van der Waals surface area contributed by atoms with Crippen LogP contribution in [-0.4, -0.2) is 46.4 Å². The normalized spacial score (nSPS) is 17.6. The summed E-state index contributed by atoms with van der Waals surface area (Å²) >= 11 is 0. The Bertz CT molecular complexity index is 1520. The van der Waals surface area contributed by atoms with Gasteiger partial charge in [-0.3, -0.25) is 0 Å². The summed E-state index contributed by atoms with van der Waals surface area (Å²) in [6.45, 7) is 0.824. The van der Waals surface area contributed by atoms with E-state index in [1.807, 2.05) is 17.8 Å². The number of nitrogens with zero attached hydrogens (tertiary/aromatic N) is 4. The van der Waals surface area contributed by atoms with Crippen LogP contribution in [0.15, 0.2) is 84.1 Å². The van der Waals surface area contributed by atoms with E-state index in [0.717, 1.165) is 32.2 Å². The van der Waals surface area contributed by atoms with Gasteiger partial charge in [-0.2, -0.15) is 9.29 Å². The minimum Gasteiger partial charge on any atom is -0.357 e. The van der Waals surface area contributed by atoms with Gasteiger partial charge in [-0.25, -0.2) is 17.8 Å². The van der Waals surface area contributed by atoms with Gasteiger partial charge in [0.25, 0.3) is 0 Å². The molecule has 1 saturated carbocycles. The standard InChI is InChI=1S/C29H34FN7O2S/c1-36-18-16-21(20-36)19-32-23-7-11-26(12-8-23)37(2)40(38,39)27-13-9-25(10-14-27)34-29-31-17-15-28(35-29)33-24-5-3-22(30)4-6-24/h3-6,9-10,13-18,20,23,26,32H,7-8,11-12,19H2,1-2H3,(H2,31,33,34,35). The van der Waals surface area contributed by atoms with E-state index in [9.17, 15) is 12.8 Å². The number of aryl methyl sites for hydroxylation is 1. The van der Waals surface area contributed by atoms with E-state index >= 15 is 0 Å². The fraction of sp³-hybridized carbons (Fsp3) is 0.310. The molecule has 0 saturated heterocycles. The molecule has 9 nitrogen and oxygen atoms in total. The molecule has 0 atom stereocenters. The highest BCUT2D eigenvalue weighted by Crippen LogP contribution is 2.28. The van der Waals surface area contributed by atoms with Gasteiger partial charge >= 0.3 is 0 Å². The Hall–Kier alpha value is -3.80. The zero-order chi connectivity index (χ0) is 28.1. The van der Waals surface area contributed by atoms with Gasteiger partial charge in [-0.15, -0.1) is 0 Å². The lowest BCUT2D eigenvalue weighted by Gasteiger charge is -2.34. The summed E-state index contributed by atoms with van der Waals surface area (Å²) in [5.41, 5.74) is 2.61. The zero-order valence-corrected chi connectivity index (χ0v) is 23.4. The third-order valence-electron chi connectivity index (χ3n) is 7.26. The molecule has 5 rings (SSSR count). The maximum Gasteiger partial charge on any atom is 0.243 e. The number of anilines is 4. The topological polar surface area (TPSA) is 104 Å². The Kier molecular flexibility index (Phi) is 8.43. The van der Waals surface area contributed by atoms with Crippen molar-refractivity contribution in [3.05, 3.63) is 90.6 Å². The highest BCUT2D eigenvalue weighted by molar-refractivity contribution is 7.89. The van der Waals surface area contributed by atoms with E-state index in [0.29, 0.717) is 29.2 Å². The predicted molar refractivity (Wildman–Crippen MR) is 155 cm³/mol. The maximum atomic E-state index is 13.4. The molecular formula is C29H34FN7O2S. The Morgan fingerprint density at radius 1 is 0.950 bits per heavy atom. The third-order valence-corrected chi connectivity index (χ3v) is 9.18. The number of rotatable bonds is 10. The summed E-state index contributed by atoms with van der Waals surface area (Å²) < 4.78 is 43.5. The Balaban J connectivity index is 1.15. The molecule has 0 radical (unpaired) electrons. The average molecular weight is 564 g/mol. The van der Waals surface area contributed by atoms with Crippen molar-refractivity contribution in [3.8, 4) is 0 Å². The number of sulfonamides is 1. The van der Waals surface area contributed by atoms with E-state index in [2.05, 4.69) is 38.2 Å². The van der Waals surface area contributed by atoms with Crippen LogP contribution in [0.3, 0.4) is 0 Å². The number of nitrogens with one attached hydrogen (secondary N) is 3. The van der Waals surface area contributed by atoms with Gasteiger partial charge in [0.15, 0.2) is 0 Å². The molecule has 2 heterocycles. The number of hydrogen-bond donors (Lipinski definition) is 3. The van der Waals surface area contributed by atoms with Gasteiger partial charge in [0.1, 0.15) is 11.6 Å². The Morgan fingerprint density at radius 3 is 2.30 bits per heavy atom. The molecule has 2 aromatic heterocycles. The molecule has 0 aliphatic heterocycles. The van der Waals surface area contributed by atoms with E-state index in [1.165, 1.54) is 22.0 Å². The molecule has 1 fully saturated rings. The molecule has 2 aromatic carbocycles. The first-order valence-corrected chi connectivity index (χ1v) is 14.8. The second-order valence-corrected chi connectivity index (χ2v) is 12.1. The van der Waals surface area contributed by atoms with E-state index in [1.54, 1.807) is 55.7 Å². The summed E-state index contributed by atoms with van der Waals surface area (Å²) in [6, 6.07) is 16.8. The monoisotopic (exact) mass is 563 g/mol. The summed E-state index contributed by atoms with van der Waals surface area (Å²) in [6.07, 6.45) is 9.27. The van der Waals surface area contributed by atoms with Gasteiger partial charge in [0, 0.05) is 62.7 Å². The van der Waals surface area contributed by atoms with E-state index < -0.39 is 10.0 Å². The molecule has 3 N–H and O–H groups in total. The summed E-state index contributed by atoms with van der Waals surface area (Å²) in [7, 11) is 0.0624. The lowest BCUT2D eigenvalue weighted by molar-refractivity contribution is 0.248. The van der Waals surface area contributed by atoms with Crippen LogP contribution in [0.5, 0.6) is 0 Å². The SMILES string of the molecule is CN(C1CCC(NCc2ccn(C)c2)CC1)S(=O)(=O)c1ccc(Nc2nccc(Nc3ccc(F)cc3)n2)cc1. The third kappa shape index (κ3) is 6.85. The number of hydrogen-bond acceptors (Lipinski definition) is 7. The van der Waals surface area contributed by atoms with Gasteiger partial charge in [-0.1, -0.05) is 0 Å². The highest BCUT2D eigenvalue weighted by Gasteiger charge is 2.31. The first-order chi connectivity index (χ1) is 19.3. The molecule has 1 aliphatic rings. The molecule has 0 unspecified atom stereocenters. The molecular weight excluding hydrogens is 529 g/mol. The Labute approximate surface area is 234 Å². The van der Waals surface area contributed by atoms with Gasteiger partial charge in [0.2, 0.25) is 16.0 Å². The first kappa shape index (κ1) is 27.8. The second-order valence-electron chi connectivity index (χ2n) is 10.1. The smallest absolute Gasteiger partial charge is 0.243 e. The fourth-order valence-electron chi connectivity index (χ4n) is 4.94. The van der Waals surface area contributed by atoms with Crippen LogP contribution in [0.4, 0.5) is 27.5 Å². The minimum atomic E-state index is -3.63. The van der Waals surface area contributed by atoms with Crippen LogP contribution in [0.25, 0.3) is 0 Å². The first-order valence-electron chi connectivity index (χ1n) is 13.3. The lowest BCUT2D eigenvalue weighted by atomic mass is 9.91. The molecule has 11 heteroatoms. The van der Waals surface area contributed by atoms with Crippen molar-refractivity contribution in [2.24, 2.45) is 7.05 Å².